The average molecular weight is 198 g/mol. The van der Waals surface area contributed by atoms with Crippen molar-refractivity contribution in [2.75, 3.05) is 0 Å². The van der Waals surface area contributed by atoms with Gasteiger partial charge in [-0.3, -0.25) is 15.4 Å². The molecule has 0 aromatic heterocycles. The number of nitrogens with one attached hydrogen (secondary N) is 3. The van der Waals surface area contributed by atoms with Crippen molar-refractivity contribution in [3.05, 3.63) is 0 Å². The Morgan fingerprint density at radius 2 is 2.14 bits per heavy atom. The number of amides is 1. The van der Waals surface area contributed by atoms with Crippen LogP contribution in [0.25, 0.3) is 0 Å². The number of hydrogen-bond donors (Lipinski definition) is 3. The van der Waals surface area contributed by atoms with E-state index in [4.69, 9.17) is 0 Å². The number of fused-ring (bicyclic) bond motifs is 1. The van der Waals surface area contributed by atoms with E-state index in [1.54, 1.807) is 5.01 Å². The van der Waals surface area contributed by atoms with E-state index in [-0.39, 0.29) is 24.4 Å². The molecule has 2 rings (SSSR count). The van der Waals surface area contributed by atoms with Crippen molar-refractivity contribution >= 4 is 5.91 Å². The summed E-state index contributed by atoms with van der Waals surface area (Å²) < 4.78 is 0. The van der Waals surface area contributed by atoms with Gasteiger partial charge in [0.05, 0.1) is 6.17 Å². The maximum atomic E-state index is 11.6. The van der Waals surface area contributed by atoms with Crippen LogP contribution in [-0.4, -0.2) is 29.4 Å². The lowest BCUT2D eigenvalue weighted by atomic mass is 10.2. The largest absolute Gasteiger partial charge is 0.281 e. The van der Waals surface area contributed by atoms with Gasteiger partial charge in [-0.2, -0.15) is 0 Å². The highest BCUT2D eigenvalue weighted by Gasteiger charge is 2.39. The number of nitrogens with zero attached hydrogens (tertiary/aromatic N) is 1. The minimum atomic E-state index is -0.0429. The predicted octanol–water partition coefficient (Wildman–Crippen LogP) is -0.430. The van der Waals surface area contributed by atoms with Gasteiger partial charge in [-0.05, 0) is 12.8 Å². The molecule has 0 aliphatic carbocycles. The van der Waals surface area contributed by atoms with Crippen LogP contribution >= 0.6 is 0 Å². The second-order valence-corrected chi connectivity index (χ2v) is 4.46. The van der Waals surface area contributed by atoms with E-state index in [1.807, 2.05) is 6.92 Å². The molecule has 0 aromatic rings. The zero-order chi connectivity index (χ0) is 10.3. The van der Waals surface area contributed by atoms with Gasteiger partial charge < -0.3 is 0 Å². The predicted molar refractivity (Wildman–Crippen MR) is 52.7 cm³/mol. The van der Waals surface area contributed by atoms with Gasteiger partial charge in [0, 0.05) is 12.5 Å². The lowest BCUT2D eigenvalue weighted by Crippen LogP contribution is -2.60. The van der Waals surface area contributed by atoms with Crippen LogP contribution in [0, 0.1) is 5.92 Å². The molecule has 0 radical (unpaired) electrons. The van der Waals surface area contributed by atoms with Crippen molar-refractivity contribution in [3.8, 4) is 0 Å². The molecule has 2 heterocycles. The molecular weight excluding hydrogens is 180 g/mol. The zero-order valence-electron chi connectivity index (χ0n) is 8.87. The van der Waals surface area contributed by atoms with Gasteiger partial charge in [0.25, 0.3) is 0 Å². The second-order valence-electron chi connectivity index (χ2n) is 4.46. The van der Waals surface area contributed by atoms with Gasteiger partial charge >= 0.3 is 0 Å². The molecule has 3 unspecified atom stereocenters. The highest BCUT2D eigenvalue weighted by Crippen LogP contribution is 2.15. The standard InChI is InChI=1S/C9H18N4O/c1-5(2)8-11-9-10-6(3)4-7(14)13(9)12-8/h5-6,8-12H,4H2,1-3H3. The summed E-state index contributed by atoms with van der Waals surface area (Å²) in [4.78, 5) is 11.6. The first-order chi connectivity index (χ1) is 6.58. The van der Waals surface area contributed by atoms with E-state index in [0.29, 0.717) is 12.3 Å². The Morgan fingerprint density at radius 3 is 2.79 bits per heavy atom. The van der Waals surface area contributed by atoms with Crippen molar-refractivity contribution in [2.24, 2.45) is 5.92 Å². The average Bonchev–Trinajstić information content (AvgIpc) is 2.47. The fourth-order valence-electron chi connectivity index (χ4n) is 1.88. The summed E-state index contributed by atoms with van der Waals surface area (Å²) in [6, 6.07) is 0.254. The number of carbonyl (C=O) groups excluding carboxylic acids is 1. The molecule has 80 valence electrons. The van der Waals surface area contributed by atoms with E-state index >= 15 is 0 Å². The van der Waals surface area contributed by atoms with Crippen LogP contribution in [0.1, 0.15) is 27.2 Å². The number of hydrazine groups is 1. The molecule has 3 N–H and O–H groups in total. The third kappa shape index (κ3) is 1.63. The summed E-state index contributed by atoms with van der Waals surface area (Å²) in [7, 11) is 0. The lowest BCUT2D eigenvalue weighted by Gasteiger charge is -2.32. The van der Waals surface area contributed by atoms with Crippen LogP contribution in [-0.2, 0) is 4.79 Å². The van der Waals surface area contributed by atoms with Crippen LogP contribution in [0.5, 0.6) is 0 Å². The molecular formula is C9H18N4O. The van der Waals surface area contributed by atoms with Crippen LogP contribution < -0.4 is 16.1 Å². The SMILES string of the molecule is CC1CC(=O)N2NC(C(C)C)NC2N1. The summed E-state index contributed by atoms with van der Waals surface area (Å²) >= 11 is 0. The van der Waals surface area contributed by atoms with Crippen LogP contribution in [0.4, 0.5) is 0 Å². The molecule has 5 nitrogen and oxygen atoms in total. The maximum absolute atomic E-state index is 11.6. The van der Waals surface area contributed by atoms with E-state index in [2.05, 4.69) is 29.9 Å². The molecule has 2 saturated heterocycles. The Labute approximate surface area is 84.2 Å². The van der Waals surface area contributed by atoms with Gasteiger partial charge in [-0.25, -0.2) is 10.4 Å². The quantitative estimate of drug-likeness (QED) is 0.535. The third-order valence-corrected chi connectivity index (χ3v) is 2.73. The number of carbonyl (C=O) groups is 1. The number of hydrogen-bond acceptors (Lipinski definition) is 4. The molecule has 0 spiro atoms. The molecule has 14 heavy (non-hydrogen) atoms. The minimum absolute atomic E-state index is 0.0429. The van der Waals surface area contributed by atoms with Gasteiger partial charge in [0.1, 0.15) is 0 Å². The van der Waals surface area contributed by atoms with E-state index in [9.17, 15) is 4.79 Å². The maximum Gasteiger partial charge on any atom is 0.240 e. The highest BCUT2D eigenvalue weighted by molar-refractivity contribution is 5.77. The molecule has 0 saturated carbocycles. The molecule has 2 fully saturated rings. The minimum Gasteiger partial charge on any atom is -0.281 e. The Balaban J connectivity index is 2.06. The second kappa shape index (κ2) is 3.49. The third-order valence-electron chi connectivity index (χ3n) is 2.73. The first kappa shape index (κ1) is 9.89. The molecule has 0 bridgehead atoms. The zero-order valence-corrected chi connectivity index (χ0v) is 8.87. The van der Waals surface area contributed by atoms with Gasteiger partial charge in [0.2, 0.25) is 5.91 Å². The fraction of sp³-hybridized carbons (Fsp3) is 0.889. The summed E-state index contributed by atoms with van der Waals surface area (Å²) in [6.45, 7) is 6.27. The number of rotatable bonds is 1. The molecule has 2 aliphatic heterocycles. The van der Waals surface area contributed by atoms with Crippen molar-refractivity contribution in [2.45, 2.75) is 45.7 Å². The molecule has 3 atom stereocenters. The van der Waals surface area contributed by atoms with Gasteiger partial charge in [-0.1, -0.05) is 13.8 Å². The Morgan fingerprint density at radius 1 is 1.43 bits per heavy atom. The van der Waals surface area contributed by atoms with Crippen LogP contribution in [0.2, 0.25) is 0 Å². The Kier molecular flexibility index (Phi) is 2.47. The lowest BCUT2D eigenvalue weighted by molar-refractivity contribution is -0.140. The van der Waals surface area contributed by atoms with E-state index in [0.717, 1.165) is 0 Å². The topological polar surface area (TPSA) is 56.4 Å². The Hall–Kier alpha value is -0.650. The first-order valence-electron chi connectivity index (χ1n) is 5.18. The molecule has 0 aromatic carbocycles. The van der Waals surface area contributed by atoms with Crippen molar-refractivity contribution in [1.82, 2.24) is 21.1 Å². The van der Waals surface area contributed by atoms with Crippen molar-refractivity contribution in [1.29, 1.82) is 0 Å². The molecule has 1 amide bonds. The van der Waals surface area contributed by atoms with Crippen molar-refractivity contribution < 1.29 is 4.79 Å². The summed E-state index contributed by atoms with van der Waals surface area (Å²) in [5.41, 5.74) is 3.17. The summed E-state index contributed by atoms with van der Waals surface area (Å²) in [5.74, 6) is 0.627. The first-order valence-corrected chi connectivity index (χ1v) is 5.18. The van der Waals surface area contributed by atoms with E-state index < -0.39 is 0 Å². The monoisotopic (exact) mass is 198 g/mol. The molecule has 5 heteroatoms. The van der Waals surface area contributed by atoms with Crippen molar-refractivity contribution in [3.63, 3.8) is 0 Å². The normalized spacial score (nSPS) is 37.9. The summed E-state index contributed by atoms with van der Waals surface area (Å²) in [5, 5.41) is 8.33. The van der Waals surface area contributed by atoms with Crippen LogP contribution in [0.15, 0.2) is 0 Å². The van der Waals surface area contributed by atoms with Gasteiger partial charge in [0.15, 0.2) is 6.29 Å². The van der Waals surface area contributed by atoms with Crippen LogP contribution in [0.3, 0.4) is 0 Å². The highest BCUT2D eigenvalue weighted by atomic mass is 16.2. The smallest absolute Gasteiger partial charge is 0.240 e. The molecule has 2 aliphatic rings. The summed E-state index contributed by atoms with van der Waals surface area (Å²) in [6.07, 6.45) is 0.705. The van der Waals surface area contributed by atoms with E-state index in [1.165, 1.54) is 0 Å². The Bertz CT molecular complexity index is 243. The fourth-order valence-corrected chi connectivity index (χ4v) is 1.88. The van der Waals surface area contributed by atoms with Gasteiger partial charge in [-0.15, -0.1) is 0 Å².